The fraction of sp³-hybridized carbons (Fsp3) is 0.0714. The number of amides is 2. The molecule has 6 heteroatoms. The predicted molar refractivity (Wildman–Crippen MR) is 73.5 cm³/mol. The number of nitrogens with zero attached hydrogens (tertiary/aromatic N) is 1. The van der Waals surface area contributed by atoms with Crippen LogP contribution in [0.15, 0.2) is 48.8 Å². The summed E-state index contributed by atoms with van der Waals surface area (Å²) in [6, 6.07) is 9.33. The van der Waals surface area contributed by atoms with E-state index in [0.29, 0.717) is 6.54 Å². The molecule has 0 bridgehead atoms. The first-order valence-corrected chi connectivity index (χ1v) is 5.93. The van der Waals surface area contributed by atoms with Crippen molar-refractivity contribution in [2.75, 3.05) is 5.32 Å². The van der Waals surface area contributed by atoms with E-state index in [1.807, 2.05) is 0 Å². The average molecular weight is 271 g/mol. The molecular weight excluding hydrogens is 258 g/mol. The number of nitrogens with one attached hydrogen (secondary N) is 2. The van der Waals surface area contributed by atoms with Gasteiger partial charge in [0.1, 0.15) is 0 Å². The van der Waals surface area contributed by atoms with Crippen molar-refractivity contribution in [1.82, 2.24) is 10.3 Å². The van der Waals surface area contributed by atoms with Crippen LogP contribution in [-0.4, -0.2) is 22.1 Å². The minimum Gasteiger partial charge on any atom is -0.478 e. The second-order valence-electron chi connectivity index (χ2n) is 4.01. The van der Waals surface area contributed by atoms with Crippen molar-refractivity contribution >= 4 is 17.7 Å². The Labute approximate surface area is 115 Å². The Morgan fingerprint density at radius 3 is 2.50 bits per heavy atom. The van der Waals surface area contributed by atoms with Crippen LogP contribution in [0, 0.1) is 0 Å². The summed E-state index contributed by atoms with van der Waals surface area (Å²) in [7, 11) is 0. The van der Waals surface area contributed by atoms with E-state index in [0.717, 1.165) is 5.56 Å². The highest BCUT2D eigenvalue weighted by Crippen LogP contribution is 2.14. The number of carboxylic acid groups (broad SMARTS) is 1. The number of urea groups is 1. The Hall–Kier alpha value is -2.89. The third-order valence-corrected chi connectivity index (χ3v) is 2.61. The van der Waals surface area contributed by atoms with Gasteiger partial charge in [0, 0.05) is 18.9 Å². The van der Waals surface area contributed by atoms with Gasteiger partial charge in [-0.1, -0.05) is 12.1 Å². The number of carbonyl (C=O) groups excluding carboxylic acids is 1. The summed E-state index contributed by atoms with van der Waals surface area (Å²) in [5, 5.41) is 14.2. The molecule has 0 radical (unpaired) electrons. The topological polar surface area (TPSA) is 91.3 Å². The summed E-state index contributed by atoms with van der Waals surface area (Å²) >= 11 is 0. The number of aromatic carboxylic acids is 1. The Kier molecular flexibility index (Phi) is 4.28. The summed E-state index contributed by atoms with van der Waals surface area (Å²) in [6.07, 6.45) is 3.27. The molecule has 2 aromatic rings. The van der Waals surface area contributed by atoms with Crippen molar-refractivity contribution in [3.8, 4) is 0 Å². The third-order valence-electron chi connectivity index (χ3n) is 2.61. The summed E-state index contributed by atoms with van der Waals surface area (Å²) in [6.45, 7) is 0.337. The van der Waals surface area contributed by atoms with E-state index < -0.39 is 12.0 Å². The lowest BCUT2D eigenvalue weighted by Crippen LogP contribution is -2.28. The van der Waals surface area contributed by atoms with Crippen molar-refractivity contribution in [3.63, 3.8) is 0 Å². The van der Waals surface area contributed by atoms with Crippen LogP contribution in [0.2, 0.25) is 0 Å². The molecule has 1 aromatic carbocycles. The zero-order chi connectivity index (χ0) is 14.4. The maximum absolute atomic E-state index is 11.7. The zero-order valence-electron chi connectivity index (χ0n) is 10.5. The molecule has 0 saturated heterocycles. The number of carboxylic acids is 1. The van der Waals surface area contributed by atoms with Gasteiger partial charge in [-0.15, -0.1) is 0 Å². The molecule has 0 fully saturated rings. The maximum atomic E-state index is 11.7. The van der Waals surface area contributed by atoms with E-state index in [1.54, 1.807) is 36.7 Å². The van der Waals surface area contributed by atoms with E-state index in [4.69, 9.17) is 5.11 Å². The number of hydrogen-bond donors (Lipinski definition) is 3. The normalized spacial score (nSPS) is 9.80. The average Bonchev–Trinajstić information content (AvgIpc) is 2.46. The second-order valence-corrected chi connectivity index (χ2v) is 4.01. The summed E-state index contributed by atoms with van der Waals surface area (Å²) in [4.78, 5) is 26.6. The number of anilines is 1. The van der Waals surface area contributed by atoms with Crippen molar-refractivity contribution in [1.29, 1.82) is 0 Å². The van der Waals surface area contributed by atoms with Gasteiger partial charge < -0.3 is 15.7 Å². The van der Waals surface area contributed by atoms with Crippen LogP contribution in [0.25, 0.3) is 0 Å². The standard InChI is InChI=1S/C14H13N3O3/c18-13(19)11-3-1-2-4-12(11)17-14(20)16-9-10-5-7-15-8-6-10/h1-8H,9H2,(H,18,19)(H2,16,17,20). The van der Waals surface area contributed by atoms with Gasteiger partial charge in [0.2, 0.25) is 0 Å². The molecule has 3 N–H and O–H groups in total. The molecule has 0 aliphatic carbocycles. The van der Waals surface area contributed by atoms with Gasteiger partial charge in [-0.05, 0) is 29.8 Å². The molecule has 1 heterocycles. The number of carbonyl (C=O) groups is 2. The molecule has 20 heavy (non-hydrogen) atoms. The molecule has 2 amide bonds. The minimum atomic E-state index is -1.09. The van der Waals surface area contributed by atoms with Crippen LogP contribution in [0.4, 0.5) is 10.5 Å². The van der Waals surface area contributed by atoms with Crippen LogP contribution < -0.4 is 10.6 Å². The monoisotopic (exact) mass is 271 g/mol. The molecule has 0 saturated carbocycles. The van der Waals surface area contributed by atoms with E-state index in [2.05, 4.69) is 15.6 Å². The molecule has 2 rings (SSSR count). The first-order chi connectivity index (χ1) is 9.66. The molecule has 0 aliphatic heterocycles. The largest absolute Gasteiger partial charge is 0.478 e. The molecule has 0 atom stereocenters. The van der Waals surface area contributed by atoms with Crippen molar-refractivity contribution < 1.29 is 14.7 Å². The highest BCUT2D eigenvalue weighted by molar-refractivity contribution is 5.99. The highest BCUT2D eigenvalue weighted by atomic mass is 16.4. The van der Waals surface area contributed by atoms with Gasteiger partial charge in [0.15, 0.2) is 0 Å². The second kappa shape index (κ2) is 6.33. The molecule has 0 unspecified atom stereocenters. The first kappa shape index (κ1) is 13.5. The molecule has 0 aliphatic rings. The summed E-state index contributed by atoms with van der Waals surface area (Å²) < 4.78 is 0. The number of benzene rings is 1. The quantitative estimate of drug-likeness (QED) is 0.794. The van der Waals surface area contributed by atoms with Crippen LogP contribution in [0.1, 0.15) is 15.9 Å². The Morgan fingerprint density at radius 2 is 1.80 bits per heavy atom. The molecule has 0 spiro atoms. The smallest absolute Gasteiger partial charge is 0.337 e. The number of para-hydroxylation sites is 1. The number of rotatable bonds is 4. The summed E-state index contributed by atoms with van der Waals surface area (Å²) in [5.74, 6) is -1.09. The van der Waals surface area contributed by atoms with Gasteiger partial charge in [0.05, 0.1) is 11.3 Å². The number of hydrogen-bond acceptors (Lipinski definition) is 3. The maximum Gasteiger partial charge on any atom is 0.337 e. The predicted octanol–water partition coefficient (Wildman–Crippen LogP) is 2.10. The fourth-order valence-electron chi connectivity index (χ4n) is 1.63. The van der Waals surface area contributed by atoms with Crippen molar-refractivity contribution in [2.45, 2.75) is 6.54 Å². The van der Waals surface area contributed by atoms with Crippen LogP contribution >= 0.6 is 0 Å². The lowest BCUT2D eigenvalue weighted by molar-refractivity contribution is 0.0698. The minimum absolute atomic E-state index is 0.0477. The van der Waals surface area contributed by atoms with E-state index in [9.17, 15) is 9.59 Å². The van der Waals surface area contributed by atoms with E-state index >= 15 is 0 Å². The third kappa shape index (κ3) is 3.55. The Morgan fingerprint density at radius 1 is 1.10 bits per heavy atom. The van der Waals surface area contributed by atoms with Crippen LogP contribution in [-0.2, 0) is 6.54 Å². The van der Waals surface area contributed by atoms with Gasteiger partial charge in [-0.3, -0.25) is 4.98 Å². The van der Waals surface area contributed by atoms with Gasteiger partial charge in [0.25, 0.3) is 0 Å². The van der Waals surface area contributed by atoms with Crippen molar-refractivity contribution in [2.24, 2.45) is 0 Å². The summed E-state index contributed by atoms with van der Waals surface area (Å²) in [5.41, 5.74) is 1.21. The van der Waals surface area contributed by atoms with Crippen LogP contribution in [0.3, 0.4) is 0 Å². The van der Waals surface area contributed by atoms with Gasteiger partial charge in [-0.25, -0.2) is 9.59 Å². The van der Waals surface area contributed by atoms with Gasteiger partial charge in [-0.2, -0.15) is 0 Å². The lowest BCUT2D eigenvalue weighted by atomic mass is 10.2. The first-order valence-electron chi connectivity index (χ1n) is 5.93. The Bertz CT molecular complexity index is 614. The molecule has 6 nitrogen and oxygen atoms in total. The number of pyridine rings is 1. The lowest BCUT2D eigenvalue weighted by Gasteiger charge is -2.09. The van der Waals surface area contributed by atoms with Gasteiger partial charge >= 0.3 is 12.0 Å². The molecule has 1 aromatic heterocycles. The SMILES string of the molecule is O=C(NCc1ccncc1)Nc1ccccc1C(=O)O. The Balaban J connectivity index is 1.97. The van der Waals surface area contributed by atoms with Crippen molar-refractivity contribution in [3.05, 3.63) is 59.9 Å². The molecular formula is C14H13N3O3. The van der Waals surface area contributed by atoms with E-state index in [-0.39, 0.29) is 11.3 Å². The van der Waals surface area contributed by atoms with Crippen LogP contribution in [0.5, 0.6) is 0 Å². The molecule has 102 valence electrons. The van der Waals surface area contributed by atoms with E-state index in [1.165, 1.54) is 12.1 Å². The zero-order valence-corrected chi connectivity index (χ0v) is 10.5. The number of aromatic nitrogens is 1. The highest BCUT2D eigenvalue weighted by Gasteiger charge is 2.11. The fourth-order valence-corrected chi connectivity index (χ4v) is 1.63.